The quantitative estimate of drug-likeness (QED) is 0.586. The molecule has 0 saturated heterocycles. The summed E-state index contributed by atoms with van der Waals surface area (Å²) in [5.41, 5.74) is 5.73. The minimum Gasteiger partial charge on any atom is -0.134 e. The van der Waals surface area contributed by atoms with Gasteiger partial charge in [0.15, 0.2) is 0 Å². The van der Waals surface area contributed by atoms with Crippen LogP contribution in [0, 0.1) is 5.92 Å². The zero-order chi connectivity index (χ0) is 15.1. The number of thioether (sulfide) groups is 1. The number of allylic oxidation sites excluding steroid dienone is 4. The van der Waals surface area contributed by atoms with Crippen molar-refractivity contribution in [3.8, 4) is 0 Å². The summed E-state index contributed by atoms with van der Waals surface area (Å²) >= 11 is 3.88. The molecule has 0 nitrogen and oxygen atoms in total. The molecule has 4 rings (SSSR count). The Balaban J connectivity index is 1.93. The van der Waals surface area contributed by atoms with Crippen LogP contribution in [0.3, 0.4) is 0 Å². The molecule has 1 aromatic carbocycles. The second-order valence-corrected chi connectivity index (χ2v) is 7.82. The van der Waals surface area contributed by atoms with Crippen molar-refractivity contribution < 1.29 is 0 Å². The van der Waals surface area contributed by atoms with E-state index in [1.54, 1.807) is 0 Å². The summed E-state index contributed by atoms with van der Waals surface area (Å²) in [5.74, 6) is 0.538. The summed E-state index contributed by atoms with van der Waals surface area (Å²) in [6.45, 7) is 6.06. The summed E-state index contributed by atoms with van der Waals surface area (Å²) in [5, 5.41) is 1.85. The third kappa shape index (κ3) is 2.07. The lowest BCUT2D eigenvalue weighted by Gasteiger charge is -2.15. The van der Waals surface area contributed by atoms with Crippen molar-refractivity contribution >= 4 is 44.2 Å². The van der Waals surface area contributed by atoms with Crippen LogP contribution in [0.2, 0.25) is 0 Å². The first kappa shape index (κ1) is 13.9. The zero-order valence-corrected chi connectivity index (χ0v) is 14.0. The predicted octanol–water partition coefficient (Wildman–Crippen LogP) is 6.29. The summed E-state index contributed by atoms with van der Waals surface area (Å²) < 4.78 is 1.33. The molecular formula is C20H16S2. The van der Waals surface area contributed by atoms with Crippen molar-refractivity contribution in [1.29, 1.82) is 0 Å². The zero-order valence-electron chi connectivity index (χ0n) is 12.4. The van der Waals surface area contributed by atoms with Gasteiger partial charge in [0.1, 0.15) is 0 Å². The van der Waals surface area contributed by atoms with Gasteiger partial charge in [-0.1, -0.05) is 49.1 Å². The second kappa shape index (κ2) is 5.48. The Morgan fingerprint density at radius 2 is 2.00 bits per heavy atom. The molecule has 0 amide bonds. The molecule has 1 aromatic heterocycles. The van der Waals surface area contributed by atoms with Gasteiger partial charge in [-0.15, -0.1) is 28.8 Å². The topological polar surface area (TPSA) is 0 Å². The third-order valence-corrected chi connectivity index (χ3v) is 7.10. The van der Waals surface area contributed by atoms with Crippen LogP contribution in [0.1, 0.15) is 17.4 Å². The van der Waals surface area contributed by atoms with Crippen LogP contribution in [-0.2, 0) is 0 Å². The molecule has 0 radical (unpaired) electrons. The number of thiophene rings is 1. The van der Waals surface area contributed by atoms with Crippen molar-refractivity contribution in [2.75, 3.05) is 0 Å². The molecule has 2 heterocycles. The van der Waals surface area contributed by atoms with E-state index in [0.717, 1.165) is 0 Å². The maximum absolute atomic E-state index is 3.78. The van der Waals surface area contributed by atoms with Gasteiger partial charge in [0, 0.05) is 36.6 Å². The molecule has 22 heavy (non-hydrogen) atoms. The Bertz CT molecular complexity index is 886. The van der Waals surface area contributed by atoms with Gasteiger partial charge < -0.3 is 0 Å². The van der Waals surface area contributed by atoms with Gasteiger partial charge in [0.25, 0.3) is 0 Å². The maximum atomic E-state index is 3.78. The predicted molar refractivity (Wildman–Crippen MR) is 101 cm³/mol. The van der Waals surface area contributed by atoms with Gasteiger partial charge in [0.05, 0.1) is 0 Å². The Labute approximate surface area is 139 Å². The van der Waals surface area contributed by atoms with Crippen molar-refractivity contribution in [3.63, 3.8) is 0 Å². The summed E-state index contributed by atoms with van der Waals surface area (Å²) in [6, 6.07) is 8.61. The van der Waals surface area contributed by atoms with Crippen LogP contribution in [0.25, 0.3) is 21.1 Å². The highest BCUT2D eigenvalue weighted by molar-refractivity contribution is 8.09. The van der Waals surface area contributed by atoms with Gasteiger partial charge in [-0.2, -0.15) is 0 Å². The fourth-order valence-corrected chi connectivity index (χ4v) is 6.06. The van der Waals surface area contributed by atoms with Crippen LogP contribution in [0.5, 0.6) is 0 Å². The van der Waals surface area contributed by atoms with E-state index in [1.807, 2.05) is 29.2 Å². The standard InChI is InChI=1S/C20H16S2/c1-3-8-16-15-10-5-7-12-18(15)22-20(16)19-13(2)14-9-4-6-11-17(14)21-19/h4-12,14,17H,1H2,2H3. The van der Waals surface area contributed by atoms with E-state index in [4.69, 9.17) is 0 Å². The van der Waals surface area contributed by atoms with E-state index < -0.39 is 0 Å². The lowest BCUT2D eigenvalue weighted by Crippen LogP contribution is -2.10. The summed E-state index contributed by atoms with van der Waals surface area (Å²) in [7, 11) is 0. The summed E-state index contributed by atoms with van der Waals surface area (Å²) in [6.07, 6.45) is 11.0. The molecule has 2 unspecified atom stereocenters. The van der Waals surface area contributed by atoms with Crippen LogP contribution >= 0.6 is 23.1 Å². The van der Waals surface area contributed by atoms with Crippen LogP contribution in [0.15, 0.2) is 66.5 Å². The fourth-order valence-electron chi connectivity index (χ4n) is 3.18. The first-order chi connectivity index (χ1) is 10.8. The molecule has 2 atom stereocenters. The van der Waals surface area contributed by atoms with Crippen LogP contribution in [0.4, 0.5) is 0 Å². The minimum atomic E-state index is 0.538. The highest BCUT2D eigenvalue weighted by Crippen LogP contribution is 2.52. The number of hydrogen-bond donors (Lipinski definition) is 0. The molecule has 2 aliphatic rings. The first-order valence-electron chi connectivity index (χ1n) is 7.40. The van der Waals surface area contributed by atoms with Gasteiger partial charge in [-0.25, -0.2) is 0 Å². The van der Waals surface area contributed by atoms with E-state index in [1.165, 1.54) is 31.0 Å². The molecule has 0 spiro atoms. The molecule has 0 N–H and O–H groups in total. The largest absolute Gasteiger partial charge is 0.134 e. The summed E-state index contributed by atoms with van der Waals surface area (Å²) in [4.78, 5) is 2.81. The van der Waals surface area contributed by atoms with Crippen molar-refractivity contribution in [1.82, 2.24) is 0 Å². The Hall–Kier alpha value is -1.73. The normalized spacial score (nSPS) is 23.0. The minimum absolute atomic E-state index is 0.538. The molecular weight excluding hydrogens is 304 g/mol. The molecule has 2 heteroatoms. The third-order valence-electron chi connectivity index (χ3n) is 4.28. The molecule has 108 valence electrons. The molecule has 1 aliphatic heterocycles. The molecule has 2 aromatic rings. The van der Waals surface area contributed by atoms with Crippen molar-refractivity contribution in [2.24, 2.45) is 5.92 Å². The lowest BCUT2D eigenvalue weighted by molar-refractivity contribution is 0.802. The van der Waals surface area contributed by atoms with E-state index in [2.05, 4.69) is 67.8 Å². The van der Waals surface area contributed by atoms with Crippen LogP contribution < -0.4 is 0 Å². The monoisotopic (exact) mass is 320 g/mol. The van der Waals surface area contributed by atoms with E-state index in [-0.39, 0.29) is 0 Å². The SMILES string of the molecule is C=C=Cc1c(C2=C(C)C3C=CC=CC3S2)sc2ccccc12. The first-order valence-corrected chi connectivity index (χ1v) is 9.09. The number of benzene rings is 1. The Morgan fingerprint density at radius 1 is 1.18 bits per heavy atom. The fraction of sp³-hybridized carbons (Fsp3) is 0.150. The van der Waals surface area contributed by atoms with Gasteiger partial charge >= 0.3 is 0 Å². The highest BCUT2D eigenvalue weighted by Gasteiger charge is 2.33. The Morgan fingerprint density at radius 3 is 2.82 bits per heavy atom. The molecule has 0 bridgehead atoms. The van der Waals surface area contributed by atoms with Crippen molar-refractivity contribution in [2.45, 2.75) is 12.2 Å². The van der Waals surface area contributed by atoms with Gasteiger partial charge in [-0.05, 0) is 24.6 Å². The second-order valence-electron chi connectivity index (χ2n) is 5.58. The molecule has 1 aliphatic carbocycles. The number of rotatable bonds is 2. The van der Waals surface area contributed by atoms with E-state index in [9.17, 15) is 0 Å². The highest BCUT2D eigenvalue weighted by atomic mass is 32.2. The van der Waals surface area contributed by atoms with Crippen LogP contribution in [-0.4, -0.2) is 5.25 Å². The molecule has 0 fully saturated rings. The lowest BCUT2D eigenvalue weighted by atomic mass is 9.92. The number of fused-ring (bicyclic) bond motifs is 2. The maximum Gasteiger partial charge on any atom is 0.0497 e. The average molecular weight is 320 g/mol. The molecule has 0 saturated carbocycles. The van der Waals surface area contributed by atoms with E-state index in [0.29, 0.717) is 11.2 Å². The average Bonchev–Trinajstić information content (AvgIpc) is 3.07. The van der Waals surface area contributed by atoms with Gasteiger partial charge in [0.2, 0.25) is 0 Å². The number of hydrogen-bond acceptors (Lipinski definition) is 2. The van der Waals surface area contributed by atoms with Gasteiger partial charge in [-0.3, -0.25) is 0 Å². The van der Waals surface area contributed by atoms with Crippen molar-refractivity contribution in [3.05, 3.63) is 76.9 Å². The van der Waals surface area contributed by atoms with E-state index >= 15 is 0 Å². The smallest absolute Gasteiger partial charge is 0.0497 e. The Kier molecular flexibility index (Phi) is 3.46.